The van der Waals surface area contributed by atoms with Crippen LogP contribution in [0.4, 0.5) is 15.8 Å². The molecule has 0 bridgehead atoms. The van der Waals surface area contributed by atoms with Gasteiger partial charge in [-0.25, -0.2) is 4.39 Å². The second kappa shape index (κ2) is 10.2. The quantitative estimate of drug-likeness (QED) is 0.521. The highest BCUT2D eigenvalue weighted by molar-refractivity contribution is 6.05. The molecule has 0 spiro atoms. The SMILES string of the molecule is NC1=NCc2cc(NC(=O)C(O)C3OCCN(c4cc(F)cc(C(=O)N5CCOCC5)c4)C3=O)ccc21. The Hall–Kier alpha value is -3.87. The van der Waals surface area contributed by atoms with E-state index in [2.05, 4.69) is 10.3 Å². The number of rotatable bonds is 5. The number of amidine groups is 1. The van der Waals surface area contributed by atoms with Crippen LogP contribution in [0.2, 0.25) is 0 Å². The van der Waals surface area contributed by atoms with Crippen LogP contribution in [0.25, 0.3) is 0 Å². The Morgan fingerprint density at radius 1 is 1.14 bits per heavy atom. The molecule has 2 aromatic carbocycles. The summed E-state index contributed by atoms with van der Waals surface area (Å²) in [5.41, 5.74) is 8.05. The van der Waals surface area contributed by atoms with E-state index in [0.717, 1.165) is 23.3 Å². The van der Waals surface area contributed by atoms with Crippen molar-refractivity contribution in [2.45, 2.75) is 18.8 Å². The molecule has 2 unspecified atom stereocenters. The molecule has 2 fully saturated rings. The first-order chi connectivity index (χ1) is 17.8. The fraction of sp³-hybridized carbons (Fsp3) is 0.360. The lowest BCUT2D eigenvalue weighted by Crippen LogP contribution is -2.55. The maximum absolute atomic E-state index is 14.5. The fourth-order valence-electron chi connectivity index (χ4n) is 4.55. The van der Waals surface area contributed by atoms with Gasteiger partial charge in [0.15, 0.2) is 12.2 Å². The highest BCUT2D eigenvalue weighted by Gasteiger charge is 2.40. The summed E-state index contributed by atoms with van der Waals surface area (Å²) in [6, 6.07) is 8.69. The maximum atomic E-state index is 14.5. The molecule has 11 nitrogen and oxygen atoms in total. The van der Waals surface area contributed by atoms with E-state index in [4.69, 9.17) is 15.2 Å². The van der Waals surface area contributed by atoms with E-state index in [0.29, 0.717) is 44.4 Å². The van der Waals surface area contributed by atoms with Gasteiger partial charge < -0.3 is 35.4 Å². The Kier molecular flexibility index (Phi) is 6.87. The zero-order chi connectivity index (χ0) is 26.1. The monoisotopic (exact) mass is 511 g/mol. The number of amides is 3. The van der Waals surface area contributed by atoms with Gasteiger partial charge in [0, 0.05) is 42.1 Å². The molecule has 194 valence electrons. The van der Waals surface area contributed by atoms with Crippen LogP contribution in [-0.2, 0) is 25.6 Å². The Morgan fingerprint density at radius 2 is 1.92 bits per heavy atom. The standard InChI is InChI=1S/C25H26FN5O6/c26-16-9-14(24(34)30-3-6-36-7-4-30)11-18(12-16)31-5-8-37-21(25(31)35)20(32)23(33)29-17-1-2-19-15(10-17)13-28-22(19)27/h1-2,9-12,20-21,32H,3-8,13H2,(H2,27,28)(H,29,33). The highest BCUT2D eigenvalue weighted by atomic mass is 19.1. The number of aliphatic hydroxyl groups is 1. The molecule has 0 saturated carbocycles. The third kappa shape index (κ3) is 5.03. The zero-order valence-electron chi connectivity index (χ0n) is 19.9. The molecule has 3 heterocycles. The molecular formula is C25H26FN5O6. The van der Waals surface area contributed by atoms with E-state index < -0.39 is 29.8 Å². The van der Waals surface area contributed by atoms with Crippen LogP contribution in [0.5, 0.6) is 0 Å². The van der Waals surface area contributed by atoms with Gasteiger partial charge in [0.25, 0.3) is 17.7 Å². The topological polar surface area (TPSA) is 147 Å². The van der Waals surface area contributed by atoms with Crippen LogP contribution >= 0.6 is 0 Å². The van der Waals surface area contributed by atoms with E-state index in [1.165, 1.54) is 11.0 Å². The van der Waals surface area contributed by atoms with Crippen molar-refractivity contribution in [3.63, 3.8) is 0 Å². The normalized spacial score (nSPS) is 20.3. The smallest absolute Gasteiger partial charge is 0.259 e. The Morgan fingerprint density at radius 3 is 2.70 bits per heavy atom. The summed E-state index contributed by atoms with van der Waals surface area (Å²) >= 11 is 0. The maximum Gasteiger partial charge on any atom is 0.259 e. The van der Waals surface area contributed by atoms with Gasteiger partial charge in [-0.3, -0.25) is 19.4 Å². The van der Waals surface area contributed by atoms with E-state index in [-0.39, 0.29) is 30.3 Å². The van der Waals surface area contributed by atoms with Crippen molar-refractivity contribution < 1.29 is 33.4 Å². The first-order valence-electron chi connectivity index (χ1n) is 11.8. The van der Waals surface area contributed by atoms with E-state index in [9.17, 15) is 23.9 Å². The number of fused-ring (bicyclic) bond motifs is 1. The van der Waals surface area contributed by atoms with Crippen LogP contribution in [0.3, 0.4) is 0 Å². The summed E-state index contributed by atoms with van der Waals surface area (Å²) in [6.07, 6.45) is -3.34. The number of carbonyl (C=O) groups excluding carboxylic acids is 3. The number of aliphatic imine (C=N–C) groups is 1. The van der Waals surface area contributed by atoms with Gasteiger partial charge in [0.2, 0.25) is 0 Å². The van der Waals surface area contributed by atoms with Crippen molar-refractivity contribution in [1.29, 1.82) is 0 Å². The number of carbonyl (C=O) groups is 3. The van der Waals surface area contributed by atoms with E-state index >= 15 is 0 Å². The molecular weight excluding hydrogens is 485 g/mol. The number of nitrogens with one attached hydrogen (secondary N) is 1. The number of hydrogen-bond acceptors (Lipinski definition) is 8. The largest absolute Gasteiger partial charge is 0.383 e. The van der Waals surface area contributed by atoms with E-state index in [1.54, 1.807) is 23.1 Å². The Balaban J connectivity index is 1.30. The number of aliphatic hydroxyl groups excluding tert-OH is 1. The van der Waals surface area contributed by atoms with Crippen molar-refractivity contribution >= 4 is 34.9 Å². The molecule has 0 aromatic heterocycles. The lowest BCUT2D eigenvalue weighted by molar-refractivity contribution is -0.150. The van der Waals surface area contributed by atoms with Gasteiger partial charge in [-0.15, -0.1) is 0 Å². The van der Waals surface area contributed by atoms with Crippen molar-refractivity contribution in [3.8, 4) is 0 Å². The number of nitrogens with zero attached hydrogens (tertiary/aromatic N) is 3. The first kappa shape index (κ1) is 24.8. The van der Waals surface area contributed by atoms with Crippen LogP contribution in [0.1, 0.15) is 21.5 Å². The first-order valence-corrected chi connectivity index (χ1v) is 11.8. The Bertz CT molecular complexity index is 1280. The molecule has 2 atom stereocenters. The minimum absolute atomic E-state index is 0.000531. The molecule has 3 aliphatic rings. The number of benzene rings is 2. The summed E-state index contributed by atoms with van der Waals surface area (Å²) in [6.45, 7) is 2.00. The average molecular weight is 512 g/mol. The van der Waals surface area contributed by atoms with Crippen molar-refractivity contribution in [2.75, 3.05) is 49.7 Å². The Labute approximate surface area is 211 Å². The third-order valence-corrected chi connectivity index (χ3v) is 6.49. The summed E-state index contributed by atoms with van der Waals surface area (Å²) < 4.78 is 25.2. The molecule has 2 saturated heterocycles. The minimum Gasteiger partial charge on any atom is -0.383 e. The molecule has 37 heavy (non-hydrogen) atoms. The summed E-state index contributed by atoms with van der Waals surface area (Å²) in [5.74, 6) is -2.21. The van der Waals surface area contributed by atoms with E-state index in [1.807, 2.05) is 0 Å². The molecule has 12 heteroatoms. The van der Waals surface area contributed by atoms with Crippen LogP contribution in [0.15, 0.2) is 41.4 Å². The second-order valence-corrected chi connectivity index (χ2v) is 8.89. The van der Waals surface area contributed by atoms with Crippen LogP contribution in [0, 0.1) is 5.82 Å². The number of morpholine rings is 2. The summed E-state index contributed by atoms with van der Waals surface area (Å²) in [5, 5.41) is 13.2. The summed E-state index contributed by atoms with van der Waals surface area (Å²) in [7, 11) is 0. The number of anilines is 2. The van der Waals surface area contributed by atoms with Crippen LogP contribution in [-0.4, -0.2) is 85.2 Å². The third-order valence-electron chi connectivity index (χ3n) is 6.49. The highest BCUT2D eigenvalue weighted by Crippen LogP contribution is 2.25. The summed E-state index contributed by atoms with van der Waals surface area (Å²) in [4.78, 5) is 45.7. The predicted molar refractivity (Wildman–Crippen MR) is 131 cm³/mol. The lowest BCUT2D eigenvalue weighted by atomic mass is 10.1. The van der Waals surface area contributed by atoms with Crippen molar-refractivity contribution in [1.82, 2.24) is 4.90 Å². The van der Waals surface area contributed by atoms with Gasteiger partial charge in [-0.2, -0.15) is 0 Å². The molecule has 0 radical (unpaired) electrons. The molecule has 5 rings (SSSR count). The number of halogens is 1. The van der Waals surface area contributed by atoms with Crippen molar-refractivity contribution in [3.05, 3.63) is 58.9 Å². The minimum atomic E-state index is -1.83. The molecule has 2 aromatic rings. The number of ether oxygens (including phenoxy) is 2. The molecule has 0 aliphatic carbocycles. The van der Waals surface area contributed by atoms with Crippen LogP contribution < -0.4 is 16.0 Å². The number of hydrogen-bond donors (Lipinski definition) is 3. The number of nitrogens with two attached hydrogens (primary N) is 1. The average Bonchev–Trinajstić information content (AvgIpc) is 3.27. The van der Waals surface area contributed by atoms with Gasteiger partial charge in [0.05, 0.1) is 26.4 Å². The lowest BCUT2D eigenvalue weighted by Gasteiger charge is -2.34. The fourth-order valence-corrected chi connectivity index (χ4v) is 4.55. The second-order valence-electron chi connectivity index (χ2n) is 8.89. The van der Waals surface area contributed by atoms with Gasteiger partial charge >= 0.3 is 0 Å². The zero-order valence-corrected chi connectivity index (χ0v) is 19.9. The van der Waals surface area contributed by atoms with Gasteiger partial charge in [-0.05, 0) is 42.0 Å². The predicted octanol–water partition coefficient (Wildman–Crippen LogP) is 0.248. The molecule has 3 aliphatic heterocycles. The van der Waals surface area contributed by atoms with Gasteiger partial charge in [-0.1, -0.05) is 0 Å². The van der Waals surface area contributed by atoms with Gasteiger partial charge in [0.1, 0.15) is 11.7 Å². The molecule has 3 amide bonds. The molecule has 4 N–H and O–H groups in total. The van der Waals surface area contributed by atoms with Crippen molar-refractivity contribution in [2.24, 2.45) is 10.7 Å².